The third-order valence-corrected chi connectivity index (χ3v) is 4.65. The molecule has 5 heteroatoms. The number of fused-ring (bicyclic) bond motifs is 2. The lowest BCUT2D eigenvalue weighted by atomic mass is 10.1. The number of hydrogen-bond acceptors (Lipinski definition) is 4. The molecule has 0 fully saturated rings. The molecule has 26 heavy (non-hydrogen) atoms. The highest BCUT2D eigenvalue weighted by atomic mass is 16.6. The summed E-state index contributed by atoms with van der Waals surface area (Å²) in [4.78, 5) is 19.7. The lowest BCUT2D eigenvalue weighted by Crippen LogP contribution is -2.38. The molecular formula is C21H20N2O3. The number of carbonyl (C=O) groups is 1. The maximum Gasteiger partial charge on any atom is 0.268 e. The van der Waals surface area contributed by atoms with Gasteiger partial charge >= 0.3 is 0 Å². The van der Waals surface area contributed by atoms with Crippen molar-refractivity contribution in [2.45, 2.75) is 26.3 Å². The van der Waals surface area contributed by atoms with Crippen LogP contribution in [0.25, 0.3) is 11.0 Å². The van der Waals surface area contributed by atoms with Crippen molar-refractivity contribution in [2.24, 2.45) is 5.16 Å². The summed E-state index contributed by atoms with van der Waals surface area (Å²) in [5.74, 6) is 0.544. The van der Waals surface area contributed by atoms with E-state index in [0.717, 1.165) is 23.1 Å². The van der Waals surface area contributed by atoms with E-state index in [1.165, 1.54) is 5.56 Å². The van der Waals surface area contributed by atoms with Gasteiger partial charge in [0.05, 0.1) is 0 Å². The number of carbonyl (C=O) groups excluding carboxylic acids is 1. The molecule has 0 bridgehead atoms. The Morgan fingerprint density at radius 1 is 1.23 bits per heavy atom. The van der Waals surface area contributed by atoms with Crippen molar-refractivity contribution in [3.8, 4) is 0 Å². The smallest absolute Gasteiger partial charge is 0.268 e. The number of rotatable bonds is 4. The fraction of sp³-hybridized carbons (Fsp3) is 0.238. The Morgan fingerprint density at radius 2 is 2.00 bits per heavy atom. The van der Waals surface area contributed by atoms with Gasteiger partial charge in [-0.3, -0.25) is 4.79 Å². The number of hydrogen-bond donors (Lipinski definition) is 0. The van der Waals surface area contributed by atoms with Crippen LogP contribution in [0, 0.1) is 0 Å². The molecule has 0 radical (unpaired) electrons. The zero-order valence-corrected chi connectivity index (χ0v) is 14.8. The van der Waals surface area contributed by atoms with Crippen LogP contribution in [0.15, 0.2) is 64.2 Å². The minimum Gasteiger partial charge on any atom is -0.455 e. The number of amides is 1. The molecule has 2 heterocycles. The van der Waals surface area contributed by atoms with Crippen LogP contribution < -0.4 is 4.90 Å². The van der Waals surface area contributed by atoms with E-state index in [1.54, 1.807) is 11.8 Å². The van der Waals surface area contributed by atoms with Gasteiger partial charge in [-0.1, -0.05) is 41.6 Å². The predicted octanol–water partition coefficient (Wildman–Crippen LogP) is 4.15. The van der Waals surface area contributed by atoms with E-state index in [4.69, 9.17) is 9.25 Å². The molecule has 1 amide bonds. The number of benzene rings is 2. The molecule has 132 valence electrons. The first kappa shape index (κ1) is 16.4. The molecule has 1 aliphatic heterocycles. The van der Waals surface area contributed by atoms with Crippen molar-refractivity contribution in [3.05, 3.63) is 65.9 Å². The van der Waals surface area contributed by atoms with Crippen LogP contribution in [0.3, 0.4) is 0 Å². The molecule has 2 aromatic carbocycles. The third-order valence-electron chi connectivity index (χ3n) is 4.65. The van der Waals surface area contributed by atoms with E-state index < -0.39 is 0 Å². The van der Waals surface area contributed by atoms with Gasteiger partial charge in [0, 0.05) is 17.1 Å². The molecule has 5 nitrogen and oxygen atoms in total. The van der Waals surface area contributed by atoms with Gasteiger partial charge in [-0.2, -0.15) is 0 Å². The average molecular weight is 348 g/mol. The number of para-hydroxylation sites is 2. The molecule has 3 aromatic rings. The first-order chi connectivity index (χ1) is 12.6. The predicted molar refractivity (Wildman–Crippen MR) is 101 cm³/mol. The highest BCUT2D eigenvalue weighted by molar-refractivity contribution is 6.00. The van der Waals surface area contributed by atoms with Crippen LogP contribution >= 0.6 is 0 Å². The Labute approximate surface area is 151 Å². The lowest BCUT2D eigenvalue weighted by molar-refractivity contribution is -0.123. The fourth-order valence-corrected chi connectivity index (χ4v) is 3.40. The summed E-state index contributed by atoms with van der Waals surface area (Å²) in [6.45, 7) is 3.74. The maximum atomic E-state index is 12.6. The summed E-state index contributed by atoms with van der Waals surface area (Å²) in [5.41, 5.74) is 3.56. The second-order valence-electron chi connectivity index (χ2n) is 6.54. The van der Waals surface area contributed by atoms with Crippen LogP contribution in [0.2, 0.25) is 0 Å². The molecule has 0 saturated carbocycles. The van der Waals surface area contributed by atoms with Crippen molar-refractivity contribution in [1.82, 2.24) is 0 Å². The zero-order valence-electron chi connectivity index (χ0n) is 14.8. The summed E-state index contributed by atoms with van der Waals surface area (Å²) in [7, 11) is 0. The molecule has 4 rings (SSSR count). The first-order valence-corrected chi connectivity index (χ1v) is 8.69. The highest BCUT2D eigenvalue weighted by Crippen LogP contribution is 2.31. The Bertz CT molecular complexity index is 957. The number of oxime groups is 1. The minimum absolute atomic E-state index is 0.0939. The SMILES string of the molecule is C/C(=N/OCC(=O)N1c2ccccc2C[C@H]1C)c1cc2ccccc2o1. The second-order valence-corrected chi connectivity index (χ2v) is 6.54. The summed E-state index contributed by atoms with van der Waals surface area (Å²) in [6.07, 6.45) is 0.864. The summed E-state index contributed by atoms with van der Waals surface area (Å²) < 4.78 is 5.74. The monoisotopic (exact) mass is 348 g/mol. The van der Waals surface area contributed by atoms with Crippen LogP contribution in [-0.4, -0.2) is 24.3 Å². The van der Waals surface area contributed by atoms with Gasteiger partial charge in [-0.25, -0.2) is 0 Å². The third kappa shape index (κ3) is 2.96. The quantitative estimate of drug-likeness (QED) is 0.526. The highest BCUT2D eigenvalue weighted by Gasteiger charge is 2.30. The zero-order chi connectivity index (χ0) is 18.1. The molecule has 1 aliphatic rings. The van der Waals surface area contributed by atoms with Gasteiger partial charge in [0.2, 0.25) is 0 Å². The molecule has 0 spiro atoms. The second kappa shape index (κ2) is 6.67. The normalized spacial score (nSPS) is 16.8. The van der Waals surface area contributed by atoms with Gasteiger partial charge in [0.15, 0.2) is 12.4 Å². The molecular weight excluding hydrogens is 328 g/mol. The van der Waals surface area contributed by atoms with E-state index in [0.29, 0.717) is 11.5 Å². The molecule has 0 N–H and O–H groups in total. The first-order valence-electron chi connectivity index (χ1n) is 8.69. The summed E-state index contributed by atoms with van der Waals surface area (Å²) in [5, 5.41) is 5.07. The van der Waals surface area contributed by atoms with Gasteiger partial charge in [0.1, 0.15) is 11.3 Å². The largest absolute Gasteiger partial charge is 0.455 e. The number of nitrogens with zero attached hydrogens (tertiary/aromatic N) is 2. The van der Waals surface area contributed by atoms with Crippen LogP contribution in [0.1, 0.15) is 25.2 Å². The lowest BCUT2D eigenvalue weighted by Gasteiger charge is -2.21. The average Bonchev–Trinajstić information content (AvgIpc) is 3.21. The van der Waals surface area contributed by atoms with Crippen molar-refractivity contribution >= 4 is 28.3 Å². The van der Waals surface area contributed by atoms with Crippen LogP contribution in [-0.2, 0) is 16.1 Å². The van der Waals surface area contributed by atoms with Crippen LogP contribution in [0.4, 0.5) is 5.69 Å². The standard InChI is InChI=1S/C21H20N2O3/c1-14-11-16-7-3-5-9-18(16)23(14)21(24)13-25-22-15(2)20-12-17-8-4-6-10-19(17)26-20/h3-10,12,14H,11,13H2,1-2H3/b22-15-/t14-/m1/s1. The fourth-order valence-electron chi connectivity index (χ4n) is 3.40. The van der Waals surface area contributed by atoms with E-state index in [1.807, 2.05) is 55.5 Å². The van der Waals surface area contributed by atoms with Gasteiger partial charge < -0.3 is 14.2 Å². The summed E-state index contributed by atoms with van der Waals surface area (Å²) in [6, 6.07) is 17.8. The van der Waals surface area contributed by atoms with Crippen LogP contribution in [0.5, 0.6) is 0 Å². The van der Waals surface area contributed by atoms with Crippen molar-refractivity contribution < 1.29 is 14.0 Å². The Balaban J connectivity index is 1.44. The molecule has 0 unspecified atom stereocenters. The summed E-state index contributed by atoms with van der Waals surface area (Å²) >= 11 is 0. The molecule has 1 atom stereocenters. The van der Waals surface area contributed by atoms with Crippen molar-refractivity contribution in [1.29, 1.82) is 0 Å². The number of furan rings is 1. The van der Waals surface area contributed by atoms with E-state index in [-0.39, 0.29) is 18.6 Å². The Hall–Kier alpha value is -3.08. The van der Waals surface area contributed by atoms with Gasteiger partial charge in [-0.15, -0.1) is 0 Å². The van der Waals surface area contributed by atoms with E-state index in [2.05, 4.69) is 11.2 Å². The Kier molecular flexibility index (Phi) is 4.21. The minimum atomic E-state index is -0.101. The topological polar surface area (TPSA) is 55.0 Å². The van der Waals surface area contributed by atoms with Crippen molar-refractivity contribution in [3.63, 3.8) is 0 Å². The van der Waals surface area contributed by atoms with Gasteiger partial charge in [0.25, 0.3) is 5.91 Å². The maximum absolute atomic E-state index is 12.6. The molecule has 1 aromatic heterocycles. The molecule has 0 aliphatic carbocycles. The van der Waals surface area contributed by atoms with Gasteiger partial charge in [-0.05, 0) is 44.0 Å². The van der Waals surface area contributed by atoms with E-state index >= 15 is 0 Å². The molecule has 0 saturated heterocycles. The number of anilines is 1. The Morgan fingerprint density at radius 3 is 2.85 bits per heavy atom. The van der Waals surface area contributed by atoms with Crippen molar-refractivity contribution in [2.75, 3.05) is 11.5 Å². The van der Waals surface area contributed by atoms with E-state index in [9.17, 15) is 4.79 Å².